The summed E-state index contributed by atoms with van der Waals surface area (Å²) < 4.78 is 10.3. The molecule has 0 radical (unpaired) electrons. The number of rotatable bonds is 13. The lowest BCUT2D eigenvalue weighted by Gasteiger charge is -2.45. The zero-order chi connectivity index (χ0) is 26.5. The molecule has 8 heteroatoms. The number of amides is 2. The second-order valence-electron chi connectivity index (χ2n) is 9.41. The molecule has 37 heavy (non-hydrogen) atoms. The number of likely N-dealkylation sites (tertiary alicyclic amines) is 1. The molecule has 0 saturated carbocycles. The molecule has 2 amide bonds. The van der Waals surface area contributed by atoms with Crippen LogP contribution in [0.3, 0.4) is 0 Å². The monoisotopic (exact) mass is 509 g/mol. The van der Waals surface area contributed by atoms with Gasteiger partial charge in [-0.2, -0.15) is 0 Å². The van der Waals surface area contributed by atoms with Gasteiger partial charge in [0.25, 0.3) is 0 Å². The summed E-state index contributed by atoms with van der Waals surface area (Å²) in [6.07, 6.45) is 3.57. The number of methoxy groups -OCH3 is 1. The van der Waals surface area contributed by atoms with Crippen LogP contribution in [0.2, 0.25) is 0 Å². The van der Waals surface area contributed by atoms with Gasteiger partial charge in [0.1, 0.15) is 17.6 Å². The van der Waals surface area contributed by atoms with E-state index in [0.29, 0.717) is 51.8 Å². The summed E-state index contributed by atoms with van der Waals surface area (Å²) in [6.45, 7) is 5.10. The Morgan fingerprint density at radius 1 is 1.05 bits per heavy atom. The van der Waals surface area contributed by atoms with Gasteiger partial charge >= 0.3 is 12.0 Å². The SMILES string of the molecule is CCOC(=O)CCCCN(C(=O)NCc1cccc(OC)c1)C1(C=O)CCN(Cc2ccccc2)CC1. The number of nitrogens with one attached hydrogen (secondary N) is 1. The molecule has 1 saturated heterocycles. The van der Waals surface area contributed by atoms with Gasteiger partial charge < -0.3 is 24.5 Å². The first-order valence-corrected chi connectivity index (χ1v) is 13.1. The Morgan fingerprint density at radius 2 is 1.78 bits per heavy atom. The number of benzene rings is 2. The number of carbonyl (C=O) groups is 3. The Bertz CT molecular complexity index is 1010. The van der Waals surface area contributed by atoms with E-state index in [-0.39, 0.29) is 12.0 Å². The molecule has 0 atom stereocenters. The molecule has 0 aromatic heterocycles. The molecule has 2 aromatic rings. The summed E-state index contributed by atoms with van der Waals surface area (Å²) >= 11 is 0. The molecular weight excluding hydrogens is 470 g/mol. The molecule has 0 unspecified atom stereocenters. The molecule has 8 nitrogen and oxygen atoms in total. The number of ether oxygens (including phenoxy) is 2. The van der Waals surface area contributed by atoms with E-state index in [9.17, 15) is 14.4 Å². The van der Waals surface area contributed by atoms with Gasteiger partial charge in [-0.05, 0) is 55.9 Å². The fourth-order valence-electron chi connectivity index (χ4n) is 4.75. The minimum absolute atomic E-state index is 0.240. The lowest BCUT2D eigenvalue weighted by atomic mass is 9.86. The van der Waals surface area contributed by atoms with Crippen LogP contribution in [0.1, 0.15) is 50.2 Å². The maximum absolute atomic E-state index is 13.5. The van der Waals surface area contributed by atoms with Crippen LogP contribution in [-0.2, 0) is 27.4 Å². The molecule has 1 aliphatic heterocycles. The van der Waals surface area contributed by atoms with Crippen molar-refractivity contribution in [2.45, 2.75) is 57.7 Å². The molecule has 2 aromatic carbocycles. The van der Waals surface area contributed by atoms with Gasteiger partial charge in [0.2, 0.25) is 0 Å². The predicted molar refractivity (Wildman–Crippen MR) is 142 cm³/mol. The van der Waals surface area contributed by atoms with Crippen LogP contribution in [0.25, 0.3) is 0 Å². The Hall–Kier alpha value is -3.39. The minimum Gasteiger partial charge on any atom is -0.497 e. The van der Waals surface area contributed by atoms with Gasteiger partial charge in [0.15, 0.2) is 0 Å². The topological polar surface area (TPSA) is 88.2 Å². The Labute approximate surface area is 219 Å². The Kier molecular flexibility index (Phi) is 11.0. The molecular formula is C29H39N3O5. The van der Waals surface area contributed by atoms with Crippen molar-refractivity contribution in [1.29, 1.82) is 0 Å². The van der Waals surface area contributed by atoms with Crippen molar-refractivity contribution in [3.8, 4) is 5.75 Å². The average Bonchev–Trinajstić information content (AvgIpc) is 2.93. The predicted octanol–water partition coefficient (Wildman–Crippen LogP) is 4.17. The van der Waals surface area contributed by atoms with Gasteiger partial charge in [-0.1, -0.05) is 42.5 Å². The van der Waals surface area contributed by atoms with E-state index in [4.69, 9.17) is 9.47 Å². The zero-order valence-corrected chi connectivity index (χ0v) is 22.0. The van der Waals surface area contributed by atoms with Crippen molar-refractivity contribution in [3.05, 3.63) is 65.7 Å². The second-order valence-corrected chi connectivity index (χ2v) is 9.41. The van der Waals surface area contributed by atoms with Gasteiger partial charge in [-0.3, -0.25) is 9.69 Å². The molecule has 200 valence electrons. The number of piperidine rings is 1. The third-order valence-electron chi connectivity index (χ3n) is 6.87. The lowest BCUT2D eigenvalue weighted by molar-refractivity contribution is -0.143. The van der Waals surface area contributed by atoms with Crippen molar-refractivity contribution in [2.24, 2.45) is 0 Å². The van der Waals surface area contributed by atoms with E-state index < -0.39 is 5.54 Å². The maximum Gasteiger partial charge on any atom is 0.318 e. The third-order valence-corrected chi connectivity index (χ3v) is 6.87. The quantitative estimate of drug-likeness (QED) is 0.248. The molecule has 1 N–H and O–H groups in total. The van der Waals surface area contributed by atoms with Gasteiger partial charge in [0, 0.05) is 39.1 Å². The van der Waals surface area contributed by atoms with Crippen molar-refractivity contribution >= 4 is 18.3 Å². The first-order valence-electron chi connectivity index (χ1n) is 13.1. The summed E-state index contributed by atoms with van der Waals surface area (Å²) in [4.78, 5) is 41.8. The smallest absolute Gasteiger partial charge is 0.318 e. The fraction of sp³-hybridized carbons (Fsp3) is 0.483. The fourth-order valence-corrected chi connectivity index (χ4v) is 4.75. The minimum atomic E-state index is -0.879. The lowest BCUT2D eigenvalue weighted by Crippen LogP contribution is -2.60. The number of aldehydes is 1. The highest BCUT2D eigenvalue weighted by Gasteiger charge is 2.42. The Morgan fingerprint density at radius 3 is 2.46 bits per heavy atom. The highest BCUT2D eigenvalue weighted by atomic mass is 16.5. The van der Waals surface area contributed by atoms with Crippen LogP contribution in [0, 0.1) is 0 Å². The van der Waals surface area contributed by atoms with Crippen LogP contribution >= 0.6 is 0 Å². The van der Waals surface area contributed by atoms with Crippen LogP contribution < -0.4 is 10.1 Å². The van der Waals surface area contributed by atoms with E-state index in [1.54, 1.807) is 18.9 Å². The largest absolute Gasteiger partial charge is 0.497 e. The highest BCUT2D eigenvalue weighted by molar-refractivity contribution is 5.81. The van der Waals surface area contributed by atoms with E-state index >= 15 is 0 Å². The standard InChI is InChI=1S/C29H39N3O5/c1-3-37-27(34)14-7-8-17-32(28(35)30-21-25-12-9-13-26(20-25)36-2)29(23-33)15-18-31(19-16-29)22-24-10-5-4-6-11-24/h4-6,9-13,20,23H,3,7-8,14-19,21-22H2,1-2H3,(H,30,35). The molecule has 0 aliphatic carbocycles. The van der Waals surface area contributed by atoms with E-state index in [0.717, 1.165) is 37.2 Å². The van der Waals surface area contributed by atoms with E-state index in [1.165, 1.54) is 5.56 Å². The van der Waals surface area contributed by atoms with Crippen molar-refractivity contribution < 1.29 is 23.9 Å². The Balaban J connectivity index is 1.66. The summed E-state index contributed by atoms with van der Waals surface area (Å²) in [5.41, 5.74) is 1.26. The van der Waals surface area contributed by atoms with Crippen LogP contribution in [0.5, 0.6) is 5.75 Å². The molecule has 0 spiro atoms. The van der Waals surface area contributed by atoms with E-state index in [1.807, 2.05) is 42.5 Å². The number of hydrogen-bond acceptors (Lipinski definition) is 6. The molecule has 1 fully saturated rings. The summed E-state index contributed by atoms with van der Waals surface area (Å²) in [7, 11) is 1.60. The summed E-state index contributed by atoms with van der Waals surface area (Å²) in [6, 6.07) is 17.5. The highest BCUT2D eigenvalue weighted by Crippen LogP contribution is 2.29. The maximum atomic E-state index is 13.5. The number of hydrogen-bond donors (Lipinski definition) is 1. The summed E-state index contributed by atoms with van der Waals surface area (Å²) in [5.74, 6) is 0.480. The zero-order valence-electron chi connectivity index (χ0n) is 22.0. The number of urea groups is 1. The van der Waals surface area contributed by atoms with Gasteiger partial charge in [0.05, 0.1) is 13.7 Å². The number of esters is 1. The van der Waals surface area contributed by atoms with Crippen LogP contribution in [-0.4, -0.2) is 67.0 Å². The summed E-state index contributed by atoms with van der Waals surface area (Å²) in [5, 5.41) is 3.00. The third kappa shape index (κ3) is 8.32. The number of nitrogens with zero attached hydrogens (tertiary/aromatic N) is 2. The molecule has 0 bridgehead atoms. The van der Waals surface area contributed by atoms with E-state index in [2.05, 4.69) is 22.3 Å². The first kappa shape index (κ1) is 28.2. The van der Waals surface area contributed by atoms with Gasteiger partial charge in [-0.25, -0.2) is 4.79 Å². The first-order chi connectivity index (χ1) is 18.0. The number of unbranched alkanes of at least 4 members (excludes halogenated alkanes) is 1. The average molecular weight is 510 g/mol. The van der Waals surface area contributed by atoms with Gasteiger partial charge in [-0.15, -0.1) is 0 Å². The van der Waals surface area contributed by atoms with Crippen LogP contribution in [0.4, 0.5) is 4.79 Å². The van der Waals surface area contributed by atoms with Crippen LogP contribution in [0.15, 0.2) is 54.6 Å². The molecule has 1 aliphatic rings. The number of carbonyl (C=O) groups excluding carboxylic acids is 3. The van der Waals surface area contributed by atoms with Crippen molar-refractivity contribution in [1.82, 2.24) is 15.1 Å². The molecule has 1 heterocycles. The van der Waals surface area contributed by atoms with Crippen molar-refractivity contribution in [2.75, 3.05) is 33.4 Å². The normalized spacial score (nSPS) is 15.0. The molecule has 3 rings (SSSR count). The van der Waals surface area contributed by atoms with Crippen molar-refractivity contribution in [3.63, 3.8) is 0 Å². The second kappa shape index (κ2) is 14.4.